The lowest BCUT2D eigenvalue weighted by Crippen LogP contribution is -2.57. The van der Waals surface area contributed by atoms with E-state index in [0.717, 1.165) is 23.3 Å². The molecular weight excluding hydrogens is 703 g/mol. The molecule has 1 spiro atoms. The predicted molar refractivity (Wildman–Crippen MR) is 241 cm³/mol. The molecule has 298 valence electrons. The molecule has 2 heteroatoms. The maximum atomic E-state index is 7.31. The Labute approximate surface area is 348 Å². The Morgan fingerprint density at radius 3 is 1.36 bits per heavy atom. The topological polar surface area (TPSA) is 12.5 Å². The van der Waals surface area contributed by atoms with Crippen molar-refractivity contribution in [2.45, 2.75) is 140 Å². The summed E-state index contributed by atoms with van der Waals surface area (Å²) in [5.74, 6) is 5.22. The normalized spacial score (nSPS) is 28.5. The van der Waals surface area contributed by atoms with Gasteiger partial charge in [0.2, 0.25) is 0 Å². The monoisotopic (exact) mass is 765 g/mol. The van der Waals surface area contributed by atoms with Crippen molar-refractivity contribution >= 4 is 17.1 Å². The van der Waals surface area contributed by atoms with Crippen LogP contribution in [0.5, 0.6) is 11.5 Å². The molecule has 58 heavy (non-hydrogen) atoms. The van der Waals surface area contributed by atoms with Gasteiger partial charge in [0.05, 0.1) is 0 Å². The van der Waals surface area contributed by atoms with Gasteiger partial charge in [0.15, 0.2) is 0 Å². The van der Waals surface area contributed by atoms with Crippen LogP contribution in [0.4, 0.5) is 17.1 Å². The molecule has 0 saturated heterocycles. The molecule has 1 aliphatic heterocycles. The van der Waals surface area contributed by atoms with Gasteiger partial charge in [-0.05, 0) is 173 Å². The van der Waals surface area contributed by atoms with Crippen molar-refractivity contribution < 1.29 is 4.74 Å². The third-order valence-electron chi connectivity index (χ3n) is 17.0. The van der Waals surface area contributed by atoms with E-state index in [4.69, 9.17) is 4.74 Å². The lowest BCUT2D eigenvalue weighted by molar-refractivity contribution is -0.0452. The number of ether oxygens (including phenoxy) is 1. The summed E-state index contributed by atoms with van der Waals surface area (Å²) >= 11 is 0. The first-order valence-corrected chi connectivity index (χ1v) is 22.8. The molecule has 4 bridgehead atoms. The third kappa shape index (κ3) is 5.34. The minimum atomic E-state index is -0.00221. The van der Waals surface area contributed by atoms with E-state index in [2.05, 4.69) is 163 Å². The van der Waals surface area contributed by atoms with Crippen LogP contribution in [0, 0.1) is 23.7 Å². The molecule has 0 amide bonds. The van der Waals surface area contributed by atoms with Crippen molar-refractivity contribution in [2.24, 2.45) is 23.7 Å². The van der Waals surface area contributed by atoms with Gasteiger partial charge < -0.3 is 9.64 Å². The molecule has 0 N–H and O–H groups in total. The Morgan fingerprint density at radius 1 is 0.414 bits per heavy atom. The molecule has 6 aliphatic carbocycles. The Hall–Kier alpha value is -4.30. The number of anilines is 3. The van der Waals surface area contributed by atoms with E-state index in [1.165, 1.54) is 119 Å². The number of rotatable bonds is 4. The highest BCUT2D eigenvalue weighted by Crippen LogP contribution is 2.69. The number of benzene rings is 5. The highest BCUT2D eigenvalue weighted by atomic mass is 16.5. The van der Waals surface area contributed by atoms with Gasteiger partial charge in [-0.25, -0.2) is 0 Å². The first kappa shape index (κ1) is 36.8. The van der Waals surface area contributed by atoms with Gasteiger partial charge in [0.1, 0.15) is 11.5 Å². The van der Waals surface area contributed by atoms with Gasteiger partial charge in [-0.3, -0.25) is 0 Å². The van der Waals surface area contributed by atoms with Crippen LogP contribution in [-0.2, 0) is 27.1 Å². The second-order valence-electron chi connectivity index (χ2n) is 22.4. The second kappa shape index (κ2) is 12.4. The van der Waals surface area contributed by atoms with Crippen LogP contribution in [0.25, 0.3) is 11.1 Å². The molecule has 7 aliphatic rings. The van der Waals surface area contributed by atoms with Crippen LogP contribution in [0.2, 0.25) is 0 Å². The zero-order chi connectivity index (χ0) is 40.0. The van der Waals surface area contributed by atoms with E-state index < -0.39 is 0 Å². The predicted octanol–water partition coefficient (Wildman–Crippen LogP) is 15.4. The van der Waals surface area contributed by atoms with Crippen molar-refractivity contribution in [3.63, 3.8) is 0 Å². The van der Waals surface area contributed by atoms with Gasteiger partial charge in [0.25, 0.3) is 0 Å². The largest absolute Gasteiger partial charge is 0.457 e. The van der Waals surface area contributed by atoms with Crippen LogP contribution < -0.4 is 9.64 Å². The summed E-state index contributed by atoms with van der Waals surface area (Å²) in [6, 6.07) is 40.3. The van der Waals surface area contributed by atoms with E-state index in [9.17, 15) is 0 Å². The summed E-state index contributed by atoms with van der Waals surface area (Å²) in [5.41, 5.74) is 15.6. The van der Waals surface area contributed by atoms with Crippen molar-refractivity contribution in [1.29, 1.82) is 0 Å². The summed E-state index contributed by atoms with van der Waals surface area (Å²) in [6.45, 7) is 19.6. The maximum absolute atomic E-state index is 7.31. The maximum Gasteiger partial charge on any atom is 0.133 e. The second-order valence-corrected chi connectivity index (χ2v) is 22.4. The van der Waals surface area contributed by atoms with Crippen molar-refractivity contribution in [2.75, 3.05) is 4.90 Å². The molecule has 5 aromatic rings. The smallest absolute Gasteiger partial charge is 0.133 e. The Kier molecular flexibility index (Phi) is 7.84. The minimum Gasteiger partial charge on any atom is -0.457 e. The van der Waals surface area contributed by atoms with Crippen LogP contribution >= 0.6 is 0 Å². The lowest BCUT2D eigenvalue weighted by Gasteiger charge is -2.63. The molecular formula is C56H63NO. The quantitative estimate of drug-likeness (QED) is 0.181. The zero-order valence-electron chi connectivity index (χ0n) is 36.3. The zero-order valence-corrected chi connectivity index (χ0v) is 36.3. The molecule has 4 fully saturated rings. The molecule has 0 aromatic heterocycles. The third-order valence-corrected chi connectivity index (χ3v) is 17.0. The summed E-state index contributed by atoms with van der Waals surface area (Å²) in [7, 11) is 0. The van der Waals surface area contributed by atoms with Crippen LogP contribution in [-0.4, -0.2) is 0 Å². The SMILES string of the molecule is CC1(C)CCC(C)(C)c2cc(N(c3ccc4c(c3)Oc3cc(-c5ccccc5)ccc3C43C4CC5CC(C4)CC3C5)c3ccc4c(c3)C(C)(C)CCC4(C)C)ccc21. The van der Waals surface area contributed by atoms with Crippen molar-refractivity contribution in [3.05, 3.63) is 137 Å². The summed E-state index contributed by atoms with van der Waals surface area (Å²) < 4.78 is 7.31. The number of hydrogen-bond acceptors (Lipinski definition) is 2. The summed E-state index contributed by atoms with van der Waals surface area (Å²) in [6.07, 6.45) is 11.7. The number of nitrogens with zero attached hydrogens (tertiary/aromatic N) is 1. The van der Waals surface area contributed by atoms with E-state index in [-0.39, 0.29) is 27.1 Å². The molecule has 0 unspecified atom stereocenters. The van der Waals surface area contributed by atoms with Gasteiger partial charge in [-0.2, -0.15) is 0 Å². The Balaban J connectivity index is 1.12. The lowest BCUT2D eigenvalue weighted by atomic mass is 9.42. The fourth-order valence-electron chi connectivity index (χ4n) is 13.8. The highest BCUT2D eigenvalue weighted by Gasteiger charge is 2.61. The molecule has 0 radical (unpaired) electrons. The van der Waals surface area contributed by atoms with Gasteiger partial charge >= 0.3 is 0 Å². The molecule has 12 rings (SSSR count). The van der Waals surface area contributed by atoms with E-state index in [0.29, 0.717) is 11.8 Å². The van der Waals surface area contributed by atoms with Crippen LogP contribution in [0.3, 0.4) is 0 Å². The van der Waals surface area contributed by atoms with E-state index >= 15 is 0 Å². The number of hydrogen-bond donors (Lipinski definition) is 0. The molecule has 2 nitrogen and oxygen atoms in total. The molecule has 1 heterocycles. The molecule has 4 saturated carbocycles. The molecule has 5 aromatic carbocycles. The first-order valence-electron chi connectivity index (χ1n) is 22.8. The van der Waals surface area contributed by atoms with Crippen molar-refractivity contribution in [3.8, 4) is 22.6 Å². The summed E-state index contributed by atoms with van der Waals surface area (Å²) in [4.78, 5) is 2.57. The van der Waals surface area contributed by atoms with Gasteiger partial charge in [0, 0.05) is 39.7 Å². The standard InChI is InChI=1S/C56H63NO/c1-52(2)22-24-54(5,6)48-32-41(15-19-44(48)52)57(42-16-20-45-49(33-42)55(7,8)25-23-53(45,3)4)43-17-21-47-51(34-43)58-50-31-38(37-12-10-9-11-13-37)14-18-46(50)56(47)39-27-35-26-36(29-39)30-40(56)28-35/h9-21,31-36,39-40H,22-30H2,1-8H3. The van der Waals surface area contributed by atoms with Gasteiger partial charge in [-0.1, -0.05) is 116 Å². The highest BCUT2D eigenvalue weighted by molar-refractivity contribution is 5.81. The van der Waals surface area contributed by atoms with Crippen LogP contribution in [0.15, 0.2) is 103 Å². The summed E-state index contributed by atoms with van der Waals surface area (Å²) in [5, 5.41) is 0. The Morgan fingerprint density at radius 2 is 0.845 bits per heavy atom. The average molecular weight is 766 g/mol. The fourth-order valence-corrected chi connectivity index (χ4v) is 13.8. The number of fused-ring (bicyclic) bond motifs is 4. The van der Waals surface area contributed by atoms with Gasteiger partial charge in [-0.15, -0.1) is 0 Å². The molecule has 0 atom stereocenters. The first-order chi connectivity index (χ1) is 27.6. The van der Waals surface area contributed by atoms with Crippen molar-refractivity contribution in [1.82, 2.24) is 0 Å². The van der Waals surface area contributed by atoms with E-state index in [1.54, 1.807) is 0 Å². The fraction of sp³-hybridized carbons (Fsp3) is 0.464. The average Bonchev–Trinajstić information content (AvgIpc) is 3.20. The minimum absolute atomic E-state index is 0.00221. The Bertz CT molecular complexity index is 2350. The van der Waals surface area contributed by atoms with E-state index in [1.807, 2.05) is 0 Å². The van der Waals surface area contributed by atoms with Crippen LogP contribution in [0.1, 0.15) is 147 Å².